The maximum absolute atomic E-state index is 12.4. The van der Waals surface area contributed by atoms with Crippen LogP contribution in [0.1, 0.15) is 19.4 Å². The molecule has 0 fully saturated rings. The Bertz CT molecular complexity index is 1240. The van der Waals surface area contributed by atoms with Gasteiger partial charge in [-0.15, -0.1) is 0 Å². The molecule has 7 nitrogen and oxygen atoms in total. The largest absolute Gasteiger partial charge is 0.416 e. The highest BCUT2D eigenvalue weighted by Crippen LogP contribution is 2.29. The van der Waals surface area contributed by atoms with E-state index in [4.69, 9.17) is 4.74 Å². The molecule has 4 aromatic rings. The molecule has 0 radical (unpaired) electrons. The van der Waals surface area contributed by atoms with Gasteiger partial charge in [0.25, 0.3) is 0 Å². The van der Waals surface area contributed by atoms with Crippen LogP contribution in [-0.2, 0) is 6.54 Å². The molecule has 0 saturated carbocycles. The SMILES string of the molecule is CCN(CC)c1ncnc2ccc(-c3cccc(CN(C)C(=O)Oc4ccccn4)c3)cc12. The number of amides is 1. The molecule has 0 spiro atoms. The number of fused-ring (bicyclic) bond motifs is 1. The molecule has 1 amide bonds. The summed E-state index contributed by atoms with van der Waals surface area (Å²) in [4.78, 5) is 29.2. The first-order chi connectivity index (χ1) is 16.1. The second-order valence-electron chi connectivity index (χ2n) is 7.69. The third-order valence-electron chi connectivity index (χ3n) is 5.50. The van der Waals surface area contributed by atoms with Gasteiger partial charge in [-0.2, -0.15) is 0 Å². The van der Waals surface area contributed by atoms with E-state index in [0.717, 1.165) is 46.5 Å². The number of hydrogen-bond acceptors (Lipinski definition) is 6. The Morgan fingerprint density at radius 3 is 2.48 bits per heavy atom. The fourth-order valence-corrected chi connectivity index (χ4v) is 3.76. The van der Waals surface area contributed by atoms with Crippen molar-refractivity contribution in [3.8, 4) is 17.0 Å². The molecule has 0 saturated heterocycles. The van der Waals surface area contributed by atoms with Crippen molar-refractivity contribution < 1.29 is 9.53 Å². The molecule has 0 bridgehead atoms. The first-order valence-corrected chi connectivity index (χ1v) is 11.0. The van der Waals surface area contributed by atoms with E-state index in [2.05, 4.69) is 58.0 Å². The van der Waals surface area contributed by atoms with E-state index in [0.29, 0.717) is 6.54 Å². The number of anilines is 1. The van der Waals surface area contributed by atoms with Gasteiger partial charge in [-0.25, -0.2) is 19.7 Å². The molecule has 2 aromatic carbocycles. The minimum absolute atomic E-state index is 0.283. The Kier molecular flexibility index (Phi) is 6.78. The van der Waals surface area contributed by atoms with Gasteiger partial charge in [0.05, 0.1) is 5.52 Å². The summed E-state index contributed by atoms with van der Waals surface area (Å²) >= 11 is 0. The first-order valence-electron chi connectivity index (χ1n) is 11.0. The van der Waals surface area contributed by atoms with Gasteiger partial charge >= 0.3 is 6.09 Å². The summed E-state index contributed by atoms with van der Waals surface area (Å²) in [6, 6.07) is 19.6. The normalized spacial score (nSPS) is 10.8. The van der Waals surface area contributed by atoms with Gasteiger partial charge in [-0.1, -0.05) is 30.3 Å². The Labute approximate surface area is 193 Å². The third-order valence-corrected chi connectivity index (χ3v) is 5.50. The van der Waals surface area contributed by atoms with E-state index in [1.54, 1.807) is 37.8 Å². The highest BCUT2D eigenvalue weighted by Gasteiger charge is 2.14. The van der Waals surface area contributed by atoms with Gasteiger partial charge in [0, 0.05) is 44.3 Å². The number of benzene rings is 2. The number of rotatable bonds is 7. The second kappa shape index (κ2) is 10.1. The Balaban J connectivity index is 1.57. The Morgan fingerprint density at radius 2 is 1.73 bits per heavy atom. The lowest BCUT2D eigenvalue weighted by Gasteiger charge is -2.21. The van der Waals surface area contributed by atoms with Gasteiger partial charge in [0.2, 0.25) is 5.88 Å². The van der Waals surface area contributed by atoms with Crippen LogP contribution in [0.4, 0.5) is 10.6 Å². The van der Waals surface area contributed by atoms with E-state index in [9.17, 15) is 4.79 Å². The monoisotopic (exact) mass is 441 g/mol. The molecule has 0 aliphatic carbocycles. The summed E-state index contributed by atoms with van der Waals surface area (Å²) in [6.45, 7) is 6.42. The lowest BCUT2D eigenvalue weighted by molar-refractivity contribution is 0.159. The molecule has 0 atom stereocenters. The number of carbonyl (C=O) groups excluding carboxylic acids is 1. The van der Waals surface area contributed by atoms with Crippen LogP contribution < -0.4 is 9.64 Å². The molecule has 168 valence electrons. The first kappa shape index (κ1) is 22.2. The van der Waals surface area contributed by atoms with Crippen LogP contribution in [0.3, 0.4) is 0 Å². The second-order valence-corrected chi connectivity index (χ2v) is 7.69. The van der Waals surface area contributed by atoms with Crippen LogP contribution in [0.5, 0.6) is 5.88 Å². The van der Waals surface area contributed by atoms with Crippen LogP contribution in [0.15, 0.2) is 73.2 Å². The van der Waals surface area contributed by atoms with Crippen LogP contribution in [0.2, 0.25) is 0 Å². The van der Waals surface area contributed by atoms with E-state index < -0.39 is 6.09 Å². The third kappa shape index (κ3) is 5.09. The number of pyridine rings is 1. The lowest BCUT2D eigenvalue weighted by Crippen LogP contribution is -2.29. The number of ether oxygens (including phenoxy) is 1. The van der Waals surface area contributed by atoms with Crippen molar-refractivity contribution in [2.75, 3.05) is 25.0 Å². The van der Waals surface area contributed by atoms with Crippen molar-refractivity contribution >= 4 is 22.8 Å². The fourth-order valence-electron chi connectivity index (χ4n) is 3.76. The zero-order valence-electron chi connectivity index (χ0n) is 19.1. The molecule has 0 unspecified atom stereocenters. The average molecular weight is 442 g/mol. The zero-order valence-corrected chi connectivity index (χ0v) is 19.1. The number of hydrogen-bond donors (Lipinski definition) is 0. The molecule has 7 heteroatoms. The number of carbonyl (C=O) groups is 1. The van der Waals surface area contributed by atoms with Gasteiger partial charge in [-0.3, -0.25) is 0 Å². The number of nitrogens with zero attached hydrogens (tertiary/aromatic N) is 5. The van der Waals surface area contributed by atoms with E-state index in [1.807, 2.05) is 18.2 Å². The van der Waals surface area contributed by atoms with Crippen molar-refractivity contribution in [1.82, 2.24) is 19.9 Å². The molecule has 0 aliphatic heterocycles. The summed E-state index contributed by atoms with van der Waals surface area (Å²) in [7, 11) is 1.71. The van der Waals surface area contributed by atoms with Crippen LogP contribution >= 0.6 is 0 Å². The molecular formula is C26H27N5O2. The Hall–Kier alpha value is -4.00. The summed E-state index contributed by atoms with van der Waals surface area (Å²) in [5.74, 6) is 1.23. The molecule has 0 aliphatic rings. The quantitative estimate of drug-likeness (QED) is 0.394. The molecular weight excluding hydrogens is 414 g/mol. The molecule has 2 aromatic heterocycles. The molecule has 33 heavy (non-hydrogen) atoms. The van der Waals surface area contributed by atoms with Crippen LogP contribution in [-0.4, -0.2) is 46.1 Å². The number of aromatic nitrogens is 3. The molecule has 0 N–H and O–H groups in total. The highest BCUT2D eigenvalue weighted by atomic mass is 16.6. The highest BCUT2D eigenvalue weighted by molar-refractivity contribution is 5.93. The minimum Gasteiger partial charge on any atom is -0.391 e. The van der Waals surface area contributed by atoms with E-state index in [-0.39, 0.29) is 5.88 Å². The van der Waals surface area contributed by atoms with E-state index >= 15 is 0 Å². The van der Waals surface area contributed by atoms with Gasteiger partial charge in [0.1, 0.15) is 12.1 Å². The standard InChI is InChI=1S/C26H27N5O2/c1-4-31(5-2)25-22-16-21(12-13-23(22)28-18-29-25)20-10-8-9-19(15-20)17-30(3)26(32)33-24-11-6-7-14-27-24/h6-16,18H,4-5,17H2,1-3H3. The van der Waals surface area contributed by atoms with Crippen molar-refractivity contribution in [3.05, 3.63) is 78.8 Å². The van der Waals surface area contributed by atoms with Crippen LogP contribution in [0, 0.1) is 0 Å². The zero-order chi connectivity index (χ0) is 23.2. The predicted molar refractivity (Wildman–Crippen MR) is 130 cm³/mol. The average Bonchev–Trinajstić information content (AvgIpc) is 2.85. The topological polar surface area (TPSA) is 71.5 Å². The van der Waals surface area contributed by atoms with Gasteiger partial charge in [-0.05, 0) is 54.8 Å². The lowest BCUT2D eigenvalue weighted by atomic mass is 10.0. The maximum atomic E-state index is 12.4. The van der Waals surface area contributed by atoms with Crippen molar-refractivity contribution in [3.63, 3.8) is 0 Å². The molecule has 2 heterocycles. The smallest absolute Gasteiger partial charge is 0.391 e. The van der Waals surface area contributed by atoms with Gasteiger partial charge in [0.15, 0.2) is 0 Å². The minimum atomic E-state index is -0.453. The summed E-state index contributed by atoms with van der Waals surface area (Å²) < 4.78 is 5.33. The fraction of sp³-hybridized carbons (Fsp3) is 0.231. The summed E-state index contributed by atoms with van der Waals surface area (Å²) in [5, 5.41) is 1.03. The van der Waals surface area contributed by atoms with Crippen molar-refractivity contribution in [2.45, 2.75) is 20.4 Å². The van der Waals surface area contributed by atoms with Crippen molar-refractivity contribution in [2.24, 2.45) is 0 Å². The van der Waals surface area contributed by atoms with Crippen LogP contribution in [0.25, 0.3) is 22.0 Å². The maximum Gasteiger partial charge on any atom is 0.416 e. The summed E-state index contributed by atoms with van der Waals surface area (Å²) in [5.41, 5.74) is 4.06. The summed E-state index contributed by atoms with van der Waals surface area (Å²) in [6.07, 6.45) is 2.76. The Morgan fingerprint density at radius 1 is 0.909 bits per heavy atom. The van der Waals surface area contributed by atoms with Gasteiger partial charge < -0.3 is 14.5 Å². The predicted octanol–water partition coefficient (Wildman–Crippen LogP) is 5.17. The van der Waals surface area contributed by atoms with E-state index in [1.165, 1.54) is 4.90 Å². The van der Waals surface area contributed by atoms with Crippen molar-refractivity contribution in [1.29, 1.82) is 0 Å². The molecule has 4 rings (SSSR count).